The lowest BCUT2D eigenvalue weighted by molar-refractivity contribution is -0.180. The second-order valence-corrected chi connectivity index (χ2v) is 8.97. The van der Waals surface area contributed by atoms with Crippen molar-refractivity contribution in [2.45, 2.75) is 75.7 Å². The van der Waals surface area contributed by atoms with Crippen molar-refractivity contribution < 1.29 is 28.4 Å². The third-order valence-corrected chi connectivity index (χ3v) is 6.79. The molecule has 0 saturated carbocycles. The Hall–Kier alpha value is -0.450. The molecule has 3 aliphatic rings. The maximum atomic E-state index is 6.34. The summed E-state index contributed by atoms with van der Waals surface area (Å²) in [6.07, 6.45) is 1.41. The summed E-state index contributed by atoms with van der Waals surface area (Å²) in [5.41, 5.74) is 2.20. The fourth-order valence-corrected chi connectivity index (χ4v) is 5.19. The van der Waals surface area contributed by atoms with Crippen LogP contribution in [-0.2, 0) is 30.3 Å². The van der Waals surface area contributed by atoms with Crippen LogP contribution in [-0.4, -0.2) is 55.0 Å². The second kappa shape index (κ2) is 8.35. The highest BCUT2D eigenvalue weighted by molar-refractivity contribution is 14.1. The van der Waals surface area contributed by atoms with Gasteiger partial charge in [-0.1, -0.05) is 28.7 Å². The zero-order valence-electron chi connectivity index (χ0n) is 16.9. The Labute approximate surface area is 180 Å². The Bertz CT molecular complexity index is 695. The largest absolute Gasteiger partial charge is 0.497 e. The molecule has 7 heteroatoms. The van der Waals surface area contributed by atoms with E-state index >= 15 is 0 Å². The van der Waals surface area contributed by atoms with E-state index in [9.17, 15) is 0 Å². The molecule has 0 aliphatic carbocycles. The summed E-state index contributed by atoms with van der Waals surface area (Å²) in [5, 5.41) is 0. The number of halogens is 1. The molecule has 2 saturated heterocycles. The van der Waals surface area contributed by atoms with Gasteiger partial charge in [0, 0.05) is 11.5 Å². The van der Waals surface area contributed by atoms with E-state index in [2.05, 4.69) is 28.7 Å². The van der Waals surface area contributed by atoms with E-state index in [-0.39, 0.29) is 36.6 Å². The van der Waals surface area contributed by atoms with Crippen molar-refractivity contribution in [3.63, 3.8) is 0 Å². The van der Waals surface area contributed by atoms with Crippen LogP contribution in [0.5, 0.6) is 5.75 Å². The summed E-state index contributed by atoms with van der Waals surface area (Å²) < 4.78 is 37.4. The molecule has 3 aliphatic heterocycles. The zero-order chi connectivity index (χ0) is 19.9. The van der Waals surface area contributed by atoms with E-state index in [1.807, 2.05) is 26.0 Å². The van der Waals surface area contributed by atoms with Crippen molar-refractivity contribution in [1.29, 1.82) is 0 Å². The highest BCUT2D eigenvalue weighted by Crippen LogP contribution is 2.43. The van der Waals surface area contributed by atoms with Gasteiger partial charge in [-0.2, -0.15) is 0 Å². The van der Waals surface area contributed by atoms with E-state index < -0.39 is 5.79 Å². The Morgan fingerprint density at radius 1 is 1.11 bits per heavy atom. The van der Waals surface area contributed by atoms with Gasteiger partial charge in [-0.25, -0.2) is 0 Å². The first kappa shape index (κ1) is 20.8. The predicted molar refractivity (Wildman–Crippen MR) is 112 cm³/mol. The first-order valence-electron chi connectivity index (χ1n) is 9.84. The van der Waals surface area contributed by atoms with E-state index in [0.717, 1.165) is 34.1 Å². The minimum Gasteiger partial charge on any atom is -0.497 e. The number of alkyl halides is 1. The smallest absolute Gasteiger partial charge is 0.164 e. The van der Waals surface area contributed by atoms with Crippen LogP contribution in [0.15, 0.2) is 18.2 Å². The van der Waals surface area contributed by atoms with Gasteiger partial charge in [0.1, 0.15) is 30.2 Å². The van der Waals surface area contributed by atoms with Crippen LogP contribution >= 0.6 is 22.6 Å². The maximum absolute atomic E-state index is 6.34. The molecule has 156 valence electrons. The molecule has 1 aromatic carbocycles. The molecular weight excluding hydrogens is 475 g/mol. The van der Waals surface area contributed by atoms with E-state index in [4.69, 9.17) is 28.4 Å². The Balaban J connectivity index is 1.60. The molecule has 0 unspecified atom stereocenters. The third kappa shape index (κ3) is 3.94. The molecule has 1 aromatic rings. The van der Waals surface area contributed by atoms with Crippen molar-refractivity contribution in [1.82, 2.24) is 0 Å². The van der Waals surface area contributed by atoms with Crippen molar-refractivity contribution in [3.8, 4) is 5.75 Å². The molecule has 6 atom stereocenters. The van der Waals surface area contributed by atoms with Crippen LogP contribution in [0.2, 0.25) is 0 Å². The van der Waals surface area contributed by atoms with Gasteiger partial charge < -0.3 is 28.4 Å². The van der Waals surface area contributed by atoms with Crippen molar-refractivity contribution in [3.05, 3.63) is 29.3 Å². The van der Waals surface area contributed by atoms with Crippen LogP contribution in [0.3, 0.4) is 0 Å². The molecule has 2 fully saturated rings. The summed E-state index contributed by atoms with van der Waals surface area (Å²) >= 11 is 2.38. The minimum absolute atomic E-state index is 0.0184. The lowest BCUT2D eigenvalue weighted by atomic mass is 9.89. The van der Waals surface area contributed by atoms with Crippen LogP contribution in [0.25, 0.3) is 0 Å². The van der Waals surface area contributed by atoms with Crippen LogP contribution in [0.1, 0.15) is 43.9 Å². The molecule has 0 N–H and O–H groups in total. The Morgan fingerprint density at radius 3 is 2.57 bits per heavy atom. The third-order valence-electron chi connectivity index (χ3n) is 5.81. The van der Waals surface area contributed by atoms with Crippen molar-refractivity contribution in [2.24, 2.45) is 0 Å². The fourth-order valence-electron chi connectivity index (χ4n) is 4.54. The average molecular weight is 504 g/mol. The number of ether oxygens (including phenoxy) is 6. The lowest BCUT2D eigenvalue weighted by Crippen LogP contribution is -2.48. The van der Waals surface area contributed by atoms with Gasteiger partial charge in [0.25, 0.3) is 0 Å². The lowest BCUT2D eigenvalue weighted by Gasteiger charge is -2.38. The van der Waals surface area contributed by atoms with Crippen LogP contribution in [0, 0.1) is 0 Å². The normalized spacial score (nSPS) is 37.0. The monoisotopic (exact) mass is 504 g/mol. The standard InChI is InChI=1S/C21H29IO6/c1-21(2)27-18(16-8-6-14(10-22)26-16)20(28-21)19-17(24-4)15-7-5-13(23-3)9-12(15)11-25-19/h5,7,9,14,16-20H,6,8,10-11H2,1-4H3/t14-,16+,17-,18-,19-,20-/m0/s1. The van der Waals surface area contributed by atoms with E-state index in [1.54, 1.807) is 14.2 Å². The van der Waals surface area contributed by atoms with Crippen molar-refractivity contribution in [2.75, 3.05) is 18.6 Å². The van der Waals surface area contributed by atoms with Gasteiger partial charge in [0.05, 0.1) is 25.9 Å². The summed E-state index contributed by atoms with van der Waals surface area (Å²) in [4.78, 5) is 0. The van der Waals surface area contributed by atoms with Crippen LogP contribution < -0.4 is 4.74 Å². The van der Waals surface area contributed by atoms with Gasteiger partial charge >= 0.3 is 0 Å². The molecular formula is C21H29IO6. The Morgan fingerprint density at radius 2 is 1.89 bits per heavy atom. The quantitative estimate of drug-likeness (QED) is 0.450. The SMILES string of the molecule is COc1ccc2c(c1)CO[C@H]([C@H]1OC(C)(C)O[C@H]1[C@H]1CC[C@@H](CI)O1)[C@H]2OC. The topological polar surface area (TPSA) is 55.4 Å². The van der Waals surface area contributed by atoms with Gasteiger partial charge in [-0.15, -0.1) is 0 Å². The molecule has 3 heterocycles. The molecule has 4 rings (SSSR count). The average Bonchev–Trinajstić information content (AvgIpc) is 3.30. The van der Waals surface area contributed by atoms with Gasteiger partial charge in [-0.3, -0.25) is 0 Å². The van der Waals surface area contributed by atoms with Crippen molar-refractivity contribution >= 4 is 22.6 Å². The van der Waals surface area contributed by atoms with Gasteiger partial charge in [-0.05, 0) is 49.9 Å². The second-order valence-electron chi connectivity index (χ2n) is 8.09. The predicted octanol–water partition coefficient (Wildman–Crippen LogP) is 3.78. The fraction of sp³-hybridized carbons (Fsp3) is 0.714. The highest BCUT2D eigenvalue weighted by atomic mass is 127. The van der Waals surface area contributed by atoms with E-state index in [0.29, 0.717) is 6.61 Å². The molecule has 28 heavy (non-hydrogen) atoms. The number of rotatable bonds is 5. The molecule has 0 radical (unpaired) electrons. The number of methoxy groups -OCH3 is 2. The van der Waals surface area contributed by atoms with E-state index in [1.165, 1.54) is 0 Å². The summed E-state index contributed by atoms with van der Waals surface area (Å²) in [7, 11) is 3.39. The molecule has 0 amide bonds. The molecule has 0 bridgehead atoms. The Kier molecular flexibility index (Phi) is 6.21. The van der Waals surface area contributed by atoms with Gasteiger partial charge in [0.2, 0.25) is 0 Å². The van der Waals surface area contributed by atoms with Gasteiger partial charge in [0.15, 0.2) is 5.79 Å². The maximum Gasteiger partial charge on any atom is 0.164 e. The number of fused-ring (bicyclic) bond motifs is 1. The molecule has 0 spiro atoms. The number of benzene rings is 1. The zero-order valence-corrected chi connectivity index (χ0v) is 19.0. The molecule has 6 nitrogen and oxygen atoms in total. The first-order chi connectivity index (χ1) is 13.5. The minimum atomic E-state index is -0.678. The molecule has 0 aromatic heterocycles. The summed E-state index contributed by atoms with van der Waals surface area (Å²) in [6, 6.07) is 6.04. The summed E-state index contributed by atoms with van der Waals surface area (Å²) in [5.74, 6) is 0.141. The summed E-state index contributed by atoms with van der Waals surface area (Å²) in [6.45, 7) is 4.40. The highest BCUT2D eigenvalue weighted by Gasteiger charge is 2.53. The van der Waals surface area contributed by atoms with Crippen LogP contribution in [0.4, 0.5) is 0 Å². The number of hydrogen-bond donors (Lipinski definition) is 0. The first-order valence-corrected chi connectivity index (χ1v) is 11.4. The number of hydrogen-bond acceptors (Lipinski definition) is 6.